The molecule has 3 nitrogen and oxygen atoms in total. The lowest BCUT2D eigenvalue weighted by atomic mass is 10.1. The number of hydrogen-bond acceptors (Lipinski definition) is 2. The van der Waals surface area contributed by atoms with Crippen molar-refractivity contribution >= 4 is 29.2 Å². The summed E-state index contributed by atoms with van der Waals surface area (Å²) in [5, 5.41) is 9.16. The molecule has 5 heteroatoms. The van der Waals surface area contributed by atoms with Gasteiger partial charge in [-0.15, -0.1) is 11.6 Å². The van der Waals surface area contributed by atoms with E-state index in [0.717, 1.165) is 16.1 Å². The number of hydrogen-bond donors (Lipinski definition) is 1. The Hall–Kier alpha value is -0.770. The number of alkyl halides is 1. The van der Waals surface area contributed by atoms with Crippen LogP contribution in [0.15, 0.2) is 18.2 Å². The summed E-state index contributed by atoms with van der Waals surface area (Å²) in [7, 11) is 1.86. The fourth-order valence-electron chi connectivity index (χ4n) is 1.62. The molecule has 1 aromatic carbocycles. The Kier molecular flexibility index (Phi) is 5.93. The second-order valence-electron chi connectivity index (χ2n) is 4.38. The number of carbonyl (C=O) groups is 1. The summed E-state index contributed by atoms with van der Waals surface area (Å²) in [5.74, 6) is -0.796. The van der Waals surface area contributed by atoms with E-state index in [4.69, 9.17) is 28.3 Å². The molecule has 1 unspecified atom stereocenters. The summed E-state index contributed by atoms with van der Waals surface area (Å²) in [4.78, 5) is 12.4. The number of rotatable bonds is 6. The maximum atomic E-state index is 10.5. The molecule has 0 aromatic heterocycles. The predicted molar refractivity (Wildman–Crippen MR) is 74.5 cm³/mol. The molecule has 0 saturated carbocycles. The van der Waals surface area contributed by atoms with E-state index < -0.39 is 5.97 Å². The lowest BCUT2D eigenvalue weighted by Crippen LogP contribution is -2.25. The normalized spacial score (nSPS) is 12.7. The van der Waals surface area contributed by atoms with Crippen LogP contribution in [0.4, 0.5) is 0 Å². The van der Waals surface area contributed by atoms with Crippen molar-refractivity contribution in [2.75, 3.05) is 20.1 Å². The second kappa shape index (κ2) is 6.98. The Bertz CT molecular complexity index is 423. The highest BCUT2D eigenvalue weighted by Crippen LogP contribution is 2.25. The zero-order chi connectivity index (χ0) is 13.7. The number of nitrogens with zero attached hydrogens (tertiary/aromatic N) is 1. The van der Waals surface area contributed by atoms with Gasteiger partial charge in [0.05, 0.1) is 11.8 Å². The summed E-state index contributed by atoms with van der Waals surface area (Å²) in [5.41, 5.74) is 1.99. The van der Waals surface area contributed by atoms with Crippen LogP contribution in [0.5, 0.6) is 0 Å². The van der Waals surface area contributed by atoms with Gasteiger partial charge in [-0.05, 0) is 31.2 Å². The van der Waals surface area contributed by atoms with Gasteiger partial charge >= 0.3 is 5.97 Å². The summed E-state index contributed by atoms with van der Waals surface area (Å²) in [6.45, 7) is 3.03. The molecule has 0 heterocycles. The lowest BCUT2D eigenvalue weighted by Gasteiger charge is -2.19. The van der Waals surface area contributed by atoms with Crippen molar-refractivity contribution in [3.05, 3.63) is 34.3 Å². The van der Waals surface area contributed by atoms with Crippen molar-refractivity contribution in [1.29, 1.82) is 0 Å². The first-order valence-corrected chi connectivity index (χ1v) is 6.52. The summed E-state index contributed by atoms with van der Waals surface area (Å²) in [6.07, 6.45) is 0.125. The van der Waals surface area contributed by atoms with Gasteiger partial charge in [-0.3, -0.25) is 4.79 Å². The molecule has 0 aliphatic heterocycles. The van der Waals surface area contributed by atoms with Crippen molar-refractivity contribution in [2.45, 2.75) is 18.7 Å². The van der Waals surface area contributed by atoms with Gasteiger partial charge in [-0.1, -0.05) is 23.7 Å². The Morgan fingerprint density at radius 3 is 2.72 bits per heavy atom. The predicted octanol–water partition coefficient (Wildman–Crippen LogP) is 3.33. The van der Waals surface area contributed by atoms with Crippen LogP contribution in [0.1, 0.15) is 22.9 Å². The Balaban J connectivity index is 2.56. The largest absolute Gasteiger partial charge is 0.481 e. The van der Waals surface area contributed by atoms with E-state index in [9.17, 15) is 4.79 Å². The molecule has 1 N–H and O–H groups in total. The van der Waals surface area contributed by atoms with E-state index in [1.807, 2.05) is 37.1 Å². The lowest BCUT2D eigenvalue weighted by molar-refractivity contribution is -0.137. The molecule has 0 bridgehead atoms. The molecular weight excluding hydrogens is 273 g/mol. The average Bonchev–Trinajstić information content (AvgIpc) is 2.30. The second-order valence-corrected chi connectivity index (χ2v) is 5.32. The molecule has 0 amide bonds. The minimum absolute atomic E-state index is 0.125. The number of halogens is 2. The third-order valence-electron chi connectivity index (χ3n) is 2.72. The van der Waals surface area contributed by atoms with Crippen LogP contribution >= 0.6 is 23.2 Å². The number of benzene rings is 1. The van der Waals surface area contributed by atoms with Crippen LogP contribution < -0.4 is 0 Å². The van der Waals surface area contributed by atoms with Crippen LogP contribution in [0.3, 0.4) is 0 Å². The van der Waals surface area contributed by atoms with Gasteiger partial charge in [0.15, 0.2) is 0 Å². The Labute approximate surface area is 117 Å². The average molecular weight is 290 g/mol. The minimum Gasteiger partial charge on any atom is -0.481 e. The first-order chi connectivity index (χ1) is 8.40. The molecule has 0 saturated heterocycles. The first-order valence-electron chi connectivity index (χ1n) is 5.70. The standard InChI is InChI=1S/C13H17Cl2NO2/c1-9-7-10(3-4-11(9)14)12(15)8-16(2)6-5-13(17)18/h3-4,7,12H,5-6,8H2,1-2H3,(H,17,18). The Morgan fingerprint density at radius 2 is 2.17 bits per heavy atom. The number of carboxylic acid groups (broad SMARTS) is 1. The maximum absolute atomic E-state index is 10.5. The topological polar surface area (TPSA) is 40.5 Å². The zero-order valence-electron chi connectivity index (χ0n) is 10.5. The van der Waals surface area contributed by atoms with Crippen LogP contribution in [0, 0.1) is 6.92 Å². The van der Waals surface area contributed by atoms with Crippen molar-refractivity contribution in [1.82, 2.24) is 4.90 Å². The van der Waals surface area contributed by atoms with E-state index in [-0.39, 0.29) is 11.8 Å². The molecule has 18 heavy (non-hydrogen) atoms. The zero-order valence-corrected chi connectivity index (χ0v) is 12.0. The molecule has 0 radical (unpaired) electrons. The monoisotopic (exact) mass is 289 g/mol. The number of likely N-dealkylation sites (N-methyl/N-ethyl adjacent to an activating group) is 1. The molecule has 0 fully saturated rings. The van der Waals surface area contributed by atoms with Crippen molar-refractivity contribution in [3.8, 4) is 0 Å². The summed E-state index contributed by atoms with van der Waals surface area (Å²) >= 11 is 12.3. The SMILES string of the molecule is Cc1cc(C(Cl)CN(C)CCC(=O)O)ccc1Cl. The fourth-order valence-corrected chi connectivity index (χ4v) is 2.11. The highest BCUT2D eigenvalue weighted by Gasteiger charge is 2.12. The highest BCUT2D eigenvalue weighted by molar-refractivity contribution is 6.31. The smallest absolute Gasteiger partial charge is 0.304 e. The van der Waals surface area contributed by atoms with Gasteiger partial charge < -0.3 is 10.0 Å². The van der Waals surface area contributed by atoms with Crippen LogP contribution in [-0.4, -0.2) is 36.1 Å². The van der Waals surface area contributed by atoms with Gasteiger partial charge in [-0.2, -0.15) is 0 Å². The summed E-state index contributed by atoms with van der Waals surface area (Å²) < 4.78 is 0. The van der Waals surface area contributed by atoms with Gasteiger partial charge in [0.1, 0.15) is 0 Å². The van der Waals surface area contributed by atoms with Crippen LogP contribution in [0.25, 0.3) is 0 Å². The third-order valence-corrected chi connectivity index (χ3v) is 3.54. The quantitative estimate of drug-likeness (QED) is 0.817. The molecule has 100 valence electrons. The van der Waals surface area contributed by atoms with Gasteiger partial charge in [0, 0.05) is 18.1 Å². The van der Waals surface area contributed by atoms with Crippen LogP contribution in [-0.2, 0) is 4.79 Å². The fraction of sp³-hybridized carbons (Fsp3) is 0.462. The van der Waals surface area contributed by atoms with E-state index >= 15 is 0 Å². The van der Waals surface area contributed by atoms with E-state index in [0.29, 0.717) is 13.1 Å². The van der Waals surface area contributed by atoms with Gasteiger partial charge in [-0.25, -0.2) is 0 Å². The maximum Gasteiger partial charge on any atom is 0.304 e. The van der Waals surface area contributed by atoms with Crippen molar-refractivity contribution < 1.29 is 9.90 Å². The molecular formula is C13H17Cl2NO2. The number of aliphatic carboxylic acids is 1. The molecule has 1 rings (SSSR count). The van der Waals surface area contributed by atoms with Gasteiger partial charge in [0.25, 0.3) is 0 Å². The molecule has 1 atom stereocenters. The van der Waals surface area contributed by atoms with E-state index in [1.54, 1.807) is 0 Å². The van der Waals surface area contributed by atoms with Crippen molar-refractivity contribution in [2.24, 2.45) is 0 Å². The van der Waals surface area contributed by atoms with Crippen LogP contribution in [0.2, 0.25) is 5.02 Å². The molecule has 0 aliphatic rings. The molecule has 0 spiro atoms. The Morgan fingerprint density at radius 1 is 1.50 bits per heavy atom. The van der Waals surface area contributed by atoms with E-state index in [2.05, 4.69) is 0 Å². The highest BCUT2D eigenvalue weighted by atomic mass is 35.5. The summed E-state index contributed by atoms with van der Waals surface area (Å²) in [6, 6.07) is 5.70. The third kappa shape index (κ3) is 4.84. The first kappa shape index (κ1) is 15.3. The molecule has 1 aromatic rings. The minimum atomic E-state index is -0.796. The number of aryl methyl sites for hydroxylation is 1. The van der Waals surface area contributed by atoms with Crippen molar-refractivity contribution in [3.63, 3.8) is 0 Å². The van der Waals surface area contributed by atoms with E-state index in [1.165, 1.54) is 0 Å². The molecule has 0 aliphatic carbocycles. The van der Waals surface area contributed by atoms with Gasteiger partial charge in [0.2, 0.25) is 0 Å². The number of carboxylic acids is 1.